The largest absolute Gasteiger partial charge is 0.248 e. The summed E-state index contributed by atoms with van der Waals surface area (Å²) in [6.07, 6.45) is 8.84. The van der Waals surface area contributed by atoms with Gasteiger partial charge >= 0.3 is 0 Å². The lowest BCUT2D eigenvalue weighted by atomic mass is 9.94. The molecule has 8 aromatic rings. The third-order valence-corrected chi connectivity index (χ3v) is 9.99. The summed E-state index contributed by atoms with van der Waals surface area (Å²) in [5, 5.41) is 0. The molecular weight excluding hydrogens is 693 g/mol. The van der Waals surface area contributed by atoms with Crippen molar-refractivity contribution in [2.45, 2.75) is 33.6 Å². The molecule has 57 heavy (non-hydrogen) atoms. The van der Waals surface area contributed by atoms with Gasteiger partial charge in [0.1, 0.15) is 0 Å². The van der Waals surface area contributed by atoms with Crippen molar-refractivity contribution in [2.75, 3.05) is 0 Å². The van der Waals surface area contributed by atoms with Crippen LogP contribution in [0.25, 0.3) is 84.4 Å². The molecule has 1 aliphatic carbocycles. The predicted octanol–water partition coefficient (Wildman–Crippen LogP) is 14.0. The van der Waals surface area contributed by atoms with Gasteiger partial charge in [0.25, 0.3) is 0 Å². The molecule has 0 bridgehead atoms. The summed E-state index contributed by atoms with van der Waals surface area (Å²) in [6, 6.07) is 59.2. The number of hydrogen-bond donors (Lipinski definition) is 0. The minimum Gasteiger partial charge on any atom is -0.248 e. The van der Waals surface area contributed by atoms with E-state index in [0.717, 1.165) is 68.7 Å². The number of benzene rings is 6. The smallest absolute Gasteiger partial charge is 0.164 e. The van der Waals surface area contributed by atoms with Crippen molar-refractivity contribution in [2.24, 2.45) is 0 Å². The second-order valence-electron chi connectivity index (χ2n) is 13.9. The molecule has 6 aromatic carbocycles. The lowest BCUT2D eigenvalue weighted by Crippen LogP contribution is -2.00. The maximum absolute atomic E-state index is 5.09. The van der Waals surface area contributed by atoms with Crippen molar-refractivity contribution >= 4 is 5.57 Å². The Labute approximate surface area is 336 Å². The third-order valence-electron chi connectivity index (χ3n) is 9.99. The molecule has 2 heterocycles. The second-order valence-corrected chi connectivity index (χ2v) is 13.9. The van der Waals surface area contributed by atoms with E-state index < -0.39 is 0 Å². The molecule has 4 heteroatoms. The topological polar surface area (TPSA) is 51.6 Å². The monoisotopic (exact) mass is 736 g/mol. The van der Waals surface area contributed by atoms with Gasteiger partial charge in [-0.15, -0.1) is 0 Å². The van der Waals surface area contributed by atoms with E-state index in [1.165, 1.54) is 22.3 Å². The summed E-state index contributed by atoms with van der Waals surface area (Å²) in [4.78, 5) is 20.2. The van der Waals surface area contributed by atoms with Gasteiger partial charge in [0.05, 0.1) is 11.4 Å². The van der Waals surface area contributed by atoms with Crippen molar-refractivity contribution in [3.63, 3.8) is 0 Å². The van der Waals surface area contributed by atoms with Crippen LogP contribution in [0.5, 0.6) is 0 Å². The minimum atomic E-state index is 0.621. The van der Waals surface area contributed by atoms with Gasteiger partial charge in [-0.05, 0) is 94.6 Å². The van der Waals surface area contributed by atoms with Crippen LogP contribution in [0.2, 0.25) is 0 Å². The molecule has 0 fully saturated rings. The molecule has 0 saturated carbocycles. The van der Waals surface area contributed by atoms with Crippen LogP contribution in [0.3, 0.4) is 0 Å². The van der Waals surface area contributed by atoms with Crippen LogP contribution in [0.1, 0.15) is 37.9 Å². The standard InChI is InChI=1S/C51H38N4.C2H6/c1-35-30-47(40-16-8-3-9-17-40)52-48(31-35)41-28-26-39(27-29-41)45-32-44(38-24-22-37(23-25-38)36-14-6-2-7-15-36)33-46(34-45)51-54-49(42-18-10-4-11-19-42)53-50(55-51)43-20-12-5-13-21-43;1-2/h2,4-8,10-34H,3,9H2,1H3;1-2H3. The Hall–Kier alpha value is -7.04. The van der Waals surface area contributed by atoms with Crippen molar-refractivity contribution in [1.29, 1.82) is 0 Å². The lowest BCUT2D eigenvalue weighted by molar-refractivity contribution is 1.04. The maximum atomic E-state index is 5.09. The average Bonchev–Trinajstić information content (AvgIpc) is 3.30. The molecule has 276 valence electrons. The Morgan fingerprint density at radius 1 is 0.351 bits per heavy atom. The second kappa shape index (κ2) is 17.2. The fourth-order valence-electron chi connectivity index (χ4n) is 7.11. The first-order chi connectivity index (χ1) is 28.1. The average molecular weight is 737 g/mol. The Kier molecular flexibility index (Phi) is 11.1. The third kappa shape index (κ3) is 8.46. The fourth-order valence-corrected chi connectivity index (χ4v) is 7.11. The van der Waals surface area contributed by atoms with Crippen LogP contribution < -0.4 is 0 Å². The van der Waals surface area contributed by atoms with E-state index in [-0.39, 0.29) is 0 Å². The summed E-state index contributed by atoms with van der Waals surface area (Å²) in [5.74, 6) is 1.89. The number of pyridine rings is 1. The zero-order valence-corrected chi connectivity index (χ0v) is 32.6. The van der Waals surface area contributed by atoms with Crippen LogP contribution in [-0.4, -0.2) is 19.9 Å². The number of hydrogen-bond acceptors (Lipinski definition) is 4. The molecule has 4 nitrogen and oxygen atoms in total. The van der Waals surface area contributed by atoms with E-state index in [2.05, 4.69) is 128 Å². The molecule has 0 N–H and O–H groups in total. The highest BCUT2D eigenvalue weighted by Crippen LogP contribution is 2.35. The fraction of sp³-hybridized carbons (Fsp3) is 0.0943. The van der Waals surface area contributed by atoms with Crippen LogP contribution in [0, 0.1) is 6.92 Å². The van der Waals surface area contributed by atoms with Gasteiger partial charge < -0.3 is 0 Å². The predicted molar refractivity (Wildman–Crippen MR) is 238 cm³/mol. The van der Waals surface area contributed by atoms with Crippen LogP contribution in [0.4, 0.5) is 0 Å². The van der Waals surface area contributed by atoms with E-state index in [1.807, 2.05) is 80.6 Å². The molecule has 0 atom stereocenters. The number of nitrogens with zero attached hydrogens (tertiary/aromatic N) is 4. The van der Waals surface area contributed by atoms with Gasteiger partial charge in [0, 0.05) is 22.3 Å². The highest BCUT2D eigenvalue weighted by atomic mass is 15.0. The maximum Gasteiger partial charge on any atom is 0.164 e. The first kappa shape index (κ1) is 36.9. The molecule has 0 radical (unpaired) electrons. The van der Waals surface area contributed by atoms with Gasteiger partial charge in [-0.3, -0.25) is 0 Å². The van der Waals surface area contributed by atoms with Gasteiger partial charge in [-0.1, -0.05) is 172 Å². The van der Waals surface area contributed by atoms with E-state index in [4.69, 9.17) is 19.9 Å². The van der Waals surface area contributed by atoms with E-state index in [0.29, 0.717) is 17.5 Å². The highest BCUT2D eigenvalue weighted by Gasteiger charge is 2.16. The molecule has 1 aliphatic rings. The van der Waals surface area contributed by atoms with Gasteiger partial charge in [0.15, 0.2) is 17.5 Å². The Morgan fingerprint density at radius 3 is 1.25 bits per heavy atom. The number of aryl methyl sites for hydroxylation is 1. The molecule has 2 aromatic heterocycles. The Bertz CT molecular complexity index is 2610. The molecular formula is C53H44N4. The molecule has 0 aliphatic heterocycles. The van der Waals surface area contributed by atoms with Crippen LogP contribution >= 0.6 is 0 Å². The van der Waals surface area contributed by atoms with Gasteiger partial charge in [0.2, 0.25) is 0 Å². The molecule has 0 unspecified atom stereocenters. The first-order valence-electron chi connectivity index (χ1n) is 19.8. The lowest BCUT2D eigenvalue weighted by Gasteiger charge is -2.13. The van der Waals surface area contributed by atoms with Gasteiger partial charge in [-0.2, -0.15) is 0 Å². The molecule has 0 spiro atoms. The van der Waals surface area contributed by atoms with E-state index in [9.17, 15) is 0 Å². The summed E-state index contributed by atoms with van der Waals surface area (Å²) in [6.45, 7) is 6.14. The van der Waals surface area contributed by atoms with Gasteiger partial charge in [-0.25, -0.2) is 19.9 Å². The summed E-state index contributed by atoms with van der Waals surface area (Å²) < 4.78 is 0. The van der Waals surface area contributed by atoms with Crippen LogP contribution in [0.15, 0.2) is 188 Å². The SMILES string of the molecule is CC.Cc1cc(C2=CCCC=C2)nc(-c2ccc(-c3cc(-c4ccc(-c5ccccc5)cc4)cc(-c4nc(-c5ccccc5)nc(-c5ccccc5)n4)c3)cc2)c1. The summed E-state index contributed by atoms with van der Waals surface area (Å²) in [5.41, 5.74) is 15.0. The first-order valence-corrected chi connectivity index (χ1v) is 19.8. The number of rotatable bonds is 8. The van der Waals surface area contributed by atoms with Crippen LogP contribution in [-0.2, 0) is 0 Å². The minimum absolute atomic E-state index is 0.621. The highest BCUT2D eigenvalue weighted by molar-refractivity contribution is 5.82. The normalized spacial score (nSPS) is 12.0. The zero-order valence-electron chi connectivity index (χ0n) is 32.6. The molecule has 9 rings (SSSR count). The summed E-state index contributed by atoms with van der Waals surface area (Å²) >= 11 is 0. The number of aromatic nitrogens is 4. The van der Waals surface area contributed by atoms with Crippen molar-refractivity contribution < 1.29 is 0 Å². The quantitative estimate of drug-likeness (QED) is 0.156. The zero-order chi connectivity index (χ0) is 39.0. The summed E-state index contributed by atoms with van der Waals surface area (Å²) in [7, 11) is 0. The van der Waals surface area contributed by atoms with Crippen molar-refractivity contribution in [3.05, 3.63) is 199 Å². The molecule has 0 saturated heterocycles. The Balaban J connectivity index is 0.00000224. The van der Waals surface area contributed by atoms with E-state index >= 15 is 0 Å². The molecule has 0 amide bonds. The van der Waals surface area contributed by atoms with Crippen molar-refractivity contribution in [1.82, 2.24) is 19.9 Å². The number of allylic oxidation sites excluding steroid dienone is 4. The van der Waals surface area contributed by atoms with Crippen molar-refractivity contribution in [3.8, 4) is 78.8 Å². The Morgan fingerprint density at radius 2 is 0.754 bits per heavy atom. The van der Waals surface area contributed by atoms with E-state index in [1.54, 1.807) is 0 Å².